The van der Waals surface area contributed by atoms with Crippen LogP contribution < -0.4 is 29.6 Å². The maximum Gasteiger partial charge on any atom is 1.00 e. The molecule has 0 fully saturated rings. The number of Topliss-reactive ketones (excluding diaryl/α,β-unsaturated/α-hetero) is 3. The number of ketones is 3. The molecule has 27 heavy (non-hydrogen) atoms. The number of carbonyl (C=O) groups is 3. The quantitative estimate of drug-likeness (QED) is 0.198. The zero-order chi connectivity index (χ0) is 21.0. The van der Waals surface area contributed by atoms with Crippen molar-refractivity contribution in [3.8, 4) is 0 Å². The molecule has 0 rings (SSSR count). The van der Waals surface area contributed by atoms with Crippen LogP contribution in [0.25, 0.3) is 0 Å². The minimum absolute atomic E-state index is 0. The largest absolute Gasteiger partial charge is 1.00 e. The van der Waals surface area contributed by atoms with E-state index in [1.165, 1.54) is 12.8 Å². The van der Waals surface area contributed by atoms with Gasteiger partial charge in [-0.05, 0) is 23.6 Å². The Bertz CT molecular complexity index is 478. The van der Waals surface area contributed by atoms with Crippen molar-refractivity contribution in [2.45, 2.75) is 92.4 Å². The Morgan fingerprint density at radius 1 is 0.741 bits per heavy atom. The molecule has 0 spiro atoms. The molecule has 6 nitrogen and oxygen atoms in total. The van der Waals surface area contributed by atoms with Crippen molar-refractivity contribution in [3.05, 3.63) is 0 Å². The normalized spacial score (nSPS) is 9.70. The summed E-state index contributed by atoms with van der Waals surface area (Å²) >= 11 is 0. The van der Waals surface area contributed by atoms with Gasteiger partial charge >= 0.3 is 29.6 Å². The van der Waals surface area contributed by atoms with Gasteiger partial charge in [-0.2, -0.15) is 0 Å². The van der Waals surface area contributed by atoms with Gasteiger partial charge in [0.05, 0.1) is 5.75 Å². The Morgan fingerprint density at radius 3 is 1.48 bits per heavy atom. The Hall–Kier alpha value is 0.270. The average molecular weight is 435 g/mol. The molecule has 0 aromatic heterocycles. The molecule has 0 aromatic carbocycles. The van der Waals surface area contributed by atoms with Crippen molar-refractivity contribution in [1.29, 1.82) is 0 Å². The third kappa shape index (κ3) is 37.7. The molecule has 0 aromatic rings. The monoisotopic (exact) mass is 434 g/mol. The molecular formula is C18H35NaO6S2. The summed E-state index contributed by atoms with van der Waals surface area (Å²) in [5, 5.41) is 0. The van der Waals surface area contributed by atoms with Gasteiger partial charge in [-0.25, -0.2) is 8.42 Å². The molecule has 0 N–H and O–H groups in total. The summed E-state index contributed by atoms with van der Waals surface area (Å²) in [5.41, 5.74) is 0. The fourth-order valence-electron chi connectivity index (χ4n) is 1.44. The number of hydrogen-bond donors (Lipinski definition) is 0. The van der Waals surface area contributed by atoms with Gasteiger partial charge in [0.15, 0.2) is 0 Å². The van der Waals surface area contributed by atoms with Crippen LogP contribution >= 0.6 is 10.8 Å². The third-order valence-corrected chi connectivity index (χ3v) is 5.08. The predicted molar refractivity (Wildman–Crippen MR) is 107 cm³/mol. The first kappa shape index (κ1) is 34.8. The fraction of sp³-hybridized carbons (Fsp3) is 0.833. The first-order valence-corrected chi connectivity index (χ1v) is 12.1. The van der Waals surface area contributed by atoms with Crippen LogP contribution in [0.1, 0.15) is 92.4 Å². The van der Waals surface area contributed by atoms with Crippen molar-refractivity contribution in [1.82, 2.24) is 0 Å². The van der Waals surface area contributed by atoms with E-state index in [2.05, 4.69) is 6.92 Å². The van der Waals surface area contributed by atoms with Crippen LogP contribution in [0, 0.1) is 0 Å². The van der Waals surface area contributed by atoms with Crippen LogP contribution in [0.15, 0.2) is 0 Å². The molecule has 0 saturated carbocycles. The maximum absolute atomic E-state index is 10.7. The zero-order valence-corrected chi connectivity index (χ0v) is 21.5. The third-order valence-electron chi connectivity index (χ3n) is 3.14. The number of carbonyl (C=O) groups excluding carboxylic acids is 3. The van der Waals surface area contributed by atoms with Gasteiger partial charge in [0, 0.05) is 32.1 Å². The molecule has 0 heterocycles. The Labute approximate surface area is 191 Å². The second kappa shape index (κ2) is 24.3. The molecule has 0 unspecified atom stereocenters. The van der Waals surface area contributed by atoms with Gasteiger partial charge in [-0.1, -0.05) is 47.5 Å². The second-order valence-corrected chi connectivity index (χ2v) is 8.83. The summed E-state index contributed by atoms with van der Waals surface area (Å²) in [6, 6.07) is 0. The van der Waals surface area contributed by atoms with Crippen molar-refractivity contribution in [3.63, 3.8) is 0 Å². The Balaban J connectivity index is -0.000000146. The van der Waals surface area contributed by atoms with Gasteiger partial charge in [-0.15, -0.1) is 0 Å². The SMILES string of the molecule is CCC(=O)CSS(=O)(=O)[O-].CCCC(=O)CC.CCCCCC(=O)CC.[Na+]. The van der Waals surface area contributed by atoms with Gasteiger partial charge < -0.3 is 4.55 Å². The summed E-state index contributed by atoms with van der Waals surface area (Å²) in [7, 11) is -4.15. The van der Waals surface area contributed by atoms with Gasteiger partial charge in [0.1, 0.15) is 26.5 Å². The van der Waals surface area contributed by atoms with Crippen molar-refractivity contribution in [2.24, 2.45) is 0 Å². The maximum atomic E-state index is 10.7. The van der Waals surface area contributed by atoms with Crippen LogP contribution in [-0.4, -0.2) is 36.1 Å². The molecule has 0 aliphatic rings. The summed E-state index contributed by atoms with van der Waals surface area (Å²) < 4.78 is 29.7. The average Bonchev–Trinajstić information content (AvgIpc) is 2.60. The van der Waals surface area contributed by atoms with E-state index in [9.17, 15) is 27.4 Å². The molecule has 0 amide bonds. The number of rotatable bonds is 12. The Kier molecular flexibility index (Phi) is 31.3. The minimum Gasteiger partial charge on any atom is -0.739 e. The van der Waals surface area contributed by atoms with Crippen LogP contribution in [0.5, 0.6) is 0 Å². The van der Waals surface area contributed by atoms with E-state index in [1.807, 2.05) is 20.8 Å². The first-order chi connectivity index (χ1) is 12.1. The van der Waals surface area contributed by atoms with Gasteiger partial charge in [0.25, 0.3) is 0 Å². The molecule has 9 heteroatoms. The summed E-state index contributed by atoms with van der Waals surface area (Å²) in [6.07, 6.45) is 7.72. The Morgan fingerprint density at radius 2 is 1.19 bits per heavy atom. The zero-order valence-electron chi connectivity index (χ0n) is 17.8. The molecule has 0 aliphatic carbocycles. The molecule has 0 radical (unpaired) electrons. The van der Waals surface area contributed by atoms with E-state index < -0.39 is 9.15 Å². The molecule has 0 aliphatic heterocycles. The second-order valence-electron chi connectivity index (χ2n) is 5.55. The van der Waals surface area contributed by atoms with E-state index in [0.29, 0.717) is 24.4 Å². The number of hydrogen-bond acceptors (Lipinski definition) is 7. The number of unbranched alkanes of at least 4 members (excludes halogenated alkanes) is 2. The summed E-state index contributed by atoms with van der Waals surface area (Å²) in [6.45, 7) is 9.61. The summed E-state index contributed by atoms with van der Waals surface area (Å²) in [5.74, 6) is 0.317. The van der Waals surface area contributed by atoms with Crippen LogP contribution in [0.2, 0.25) is 0 Å². The van der Waals surface area contributed by atoms with Crippen molar-refractivity contribution >= 4 is 37.3 Å². The van der Waals surface area contributed by atoms with E-state index in [1.54, 1.807) is 6.92 Å². The van der Waals surface area contributed by atoms with Crippen LogP contribution in [0.4, 0.5) is 0 Å². The smallest absolute Gasteiger partial charge is 0.739 e. The topological polar surface area (TPSA) is 108 Å². The minimum atomic E-state index is -4.28. The first-order valence-electron chi connectivity index (χ1n) is 9.22. The van der Waals surface area contributed by atoms with Crippen LogP contribution in [-0.2, 0) is 23.5 Å². The predicted octanol–water partition coefficient (Wildman–Crippen LogP) is 1.47. The molecular weight excluding hydrogens is 399 g/mol. The van der Waals surface area contributed by atoms with Crippen LogP contribution in [0.3, 0.4) is 0 Å². The van der Waals surface area contributed by atoms with Crippen molar-refractivity contribution in [2.75, 3.05) is 5.75 Å². The van der Waals surface area contributed by atoms with E-state index in [-0.39, 0.29) is 58.3 Å². The van der Waals surface area contributed by atoms with Crippen molar-refractivity contribution < 1.29 is 56.9 Å². The van der Waals surface area contributed by atoms with E-state index >= 15 is 0 Å². The van der Waals surface area contributed by atoms with Gasteiger partial charge in [-0.3, -0.25) is 14.4 Å². The fourth-order valence-corrected chi connectivity index (χ4v) is 2.75. The standard InChI is InChI=1S/C8H16O.C6H12O.C4H8O4S2.Na/c1-3-5-6-7-8(9)4-2;1-3-5-6(7)4-2;1-2-4(5)3-9-10(6,7)8;/h3-7H2,1-2H3;3-5H2,1-2H3;2-3H2,1H3,(H,6,7,8);/q;;;+1/p-1. The van der Waals surface area contributed by atoms with Gasteiger partial charge in [0.2, 0.25) is 0 Å². The van der Waals surface area contributed by atoms with E-state index in [4.69, 9.17) is 0 Å². The molecule has 0 saturated heterocycles. The summed E-state index contributed by atoms with van der Waals surface area (Å²) in [4.78, 5) is 31.5. The van der Waals surface area contributed by atoms with E-state index in [0.717, 1.165) is 25.7 Å². The molecule has 0 atom stereocenters. The molecule has 156 valence electrons. The molecule has 0 bridgehead atoms.